The smallest absolute Gasteiger partial charge is 0.168 e. The van der Waals surface area contributed by atoms with Crippen LogP contribution in [0.5, 0.6) is 0 Å². The van der Waals surface area contributed by atoms with Crippen LogP contribution in [0.2, 0.25) is 0 Å². The minimum Gasteiger partial charge on any atom is -0.348 e. The first-order valence-corrected chi connectivity index (χ1v) is 7.37. The van der Waals surface area contributed by atoms with Gasteiger partial charge in [-0.05, 0) is 43.9 Å². The highest BCUT2D eigenvalue weighted by atomic mass is 16.7. The standard InChI is InChI=1S/C14H23NO2/c1-3-14(16-5-6-17-14)4-2-12(1)15-13-8-10-7-11(10)9-13/h10-13,15H,1-9H2. The predicted octanol–water partition coefficient (Wildman–Crippen LogP) is 2.06. The van der Waals surface area contributed by atoms with Gasteiger partial charge in [0.15, 0.2) is 5.79 Å². The van der Waals surface area contributed by atoms with Crippen molar-refractivity contribution in [3.05, 3.63) is 0 Å². The van der Waals surface area contributed by atoms with Crippen molar-refractivity contribution in [2.24, 2.45) is 11.8 Å². The number of rotatable bonds is 2. The fourth-order valence-electron chi connectivity index (χ4n) is 4.19. The summed E-state index contributed by atoms with van der Waals surface area (Å²) in [5.74, 6) is 1.99. The number of hydrogen-bond donors (Lipinski definition) is 1. The van der Waals surface area contributed by atoms with Crippen LogP contribution < -0.4 is 5.32 Å². The van der Waals surface area contributed by atoms with E-state index in [1.807, 2.05) is 0 Å². The molecule has 4 fully saturated rings. The molecule has 3 aliphatic carbocycles. The minimum absolute atomic E-state index is 0.185. The van der Waals surface area contributed by atoms with Crippen molar-refractivity contribution in [2.45, 2.75) is 62.8 Å². The highest BCUT2D eigenvalue weighted by molar-refractivity contribution is 5.00. The Hall–Kier alpha value is -0.120. The zero-order chi connectivity index (χ0) is 11.3. The topological polar surface area (TPSA) is 30.5 Å². The number of fused-ring (bicyclic) bond motifs is 1. The highest BCUT2D eigenvalue weighted by Gasteiger charge is 2.47. The van der Waals surface area contributed by atoms with E-state index in [1.54, 1.807) is 0 Å². The van der Waals surface area contributed by atoms with Gasteiger partial charge in [-0.1, -0.05) is 0 Å². The molecule has 0 aromatic rings. The van der Waals surface area contributed by atoms with Gasteiger partial charge in [0.1, 0.15) is 0 Å². The zero-order valence-corrected chi connectivity index (χ0v) is 10.5. The molecule has 1 saturated heterocycles. The third kappa shape index (κ3) is 2.02. The highest BCUT2D eigenvalue weighted by Crippen LogP contribution is 2.52. The molecule has 2 unspecified atom stereocenters. The fraction of sp³-hybridized carbons (Fsp3) is 1.00. The van der Waals surface area contributed by atoms with Crippen LogP contribution in [0.3, 0.4) is 0 Å². The van der Waals surface area contributed by atoms with Crippen molar-refractivity contribution in [1.82, 2.24) is 5.32 Å². The second-order valence-electron chi connectivity index (χ2n) is 6.47. The molecule has 4 rings (SSSR count). The van der Waals surface area contributed by atoms with Gasteiger partial charge in [0.2, 0.25) is 0 Å². The summed E-state index contributed by atoms with van der Waals surface area (Å²) in [6.45, 7) is 1.59. The third-order valence-electron chi connectivity index (χ3n) is 5.28. The predicted molar refractivity (Wildman–Crippen MR) is 64.6 cm³/mol. The van der Waals surface area contributed by atoms with Crippen LogP contribution in [0.25, 0.3) is 0 Å². The Kier molecular flexibility index (Phi) is 2.50. The monoisotopic (exact) mass is 237 g/mol. The van der Waals surface area contributed by atoms with Gasteiger partial charge in [-0.25, -0.2) is 0 Å². The fourth-order valence-corrected chi connectivity index (χ4v) is 4.19. The van der Waals surface area contributed by atoms with Crippen LogP contribution in [0, 0.1) is 11.8 Å². The van der Waals surface area contributed by atoms with Crippen molar-refractivity contribution in [2.75, 3.05) is 13.2 Å². The molecule has 2 atom stereocenters. The van der Waals surface area contributed by atoms with E-state index in [0.29, 0.717) is 0 Å². The van der Waals surface area contributed by atoms with Crippen molar-refractivity contribution >= 4 is 0 Å². The van der Waals surface area contributed by atoms with Crippen molar-refractivity contribution in [1.29, 1.82) is 0 Å². The summed E-state index contributed by atoms with van der Waals surface area (Å²) >= 11 is 0. The SMILES string of the molecule is C1COC2(CCC(NC3CC4CC4C3)CC2)O1. The van der Waals surface area contributed by atoms with Gasteiger partial charge in [-0.2, -0.15) is 0 Å². The first-order chi connectivity index (χ1) is 8.33. The summed E-state index contributed by atoms with van der Waals surface area (Å²) in [5, 5.41) is 3.87. The normalized spacial score (nSPS) is 44.1. The first kappa shape index (κ1) is 10.8. The molecule has 3 nitrogen and oxygen atoms in total. The summed E-state index contributed by atoms with van der Waals surface area (Å²) in [7, 11) is 0. The molecule has 4 aliphatic rings. The molecule has 0 aromatic heterocycles. The van der Waals surface area contributed by atoms with Gasteiger partial charge in [-0.3, -0.25) is 0 Å². The number of hydrogen-bond acceptors (Lipinski definition) is 3. The lowest BCUT2D eigenvalue weighted by molar-refractivity contribution is -0.179. The molecule has 3 saturated carbocycles. The van der Waals surface area contributed by atoms with Crippen LogP contribution in [0.15, 0.2) is 0 Å². The largest absolute Gasteiger partial charge is 0.348 e. The van der Waals surface area contributed by atoms with Crippen LogP contribution >= 0.6 is 0 Å². The lowest BCUT2D eigenvalue weighted by atomic mass is 9.89. The van der Waals surface area contributed by atoms with Crippen molar-refractivity contribution in [3.8, 4) is 0 Å². The van der Waals surface area contributed by atoms with E-state index < -0.39 is 0 Å². The van der Waals surface area contributed by atoms with Crippen LogP contribution in [-0.2, 0) is 9.47 Å². The molecule has 1 aliphatic heterocycles. The molecule has 96 valence electrons. The Balaban J connectivity index is 1.27. The molecule has 0 aromatic carbocycles. The van der Waals surface area contributed by atoms with Crippen LogP contribution in [0.1, 0.15) is 44.9 Å². The maximum Gasteiger partial charge on any atom is 0.168 e. The average Bonchev–Trinajstić information content (AvgIpc) is 2.77. The molecular weight excluding hydrogens is 214 g/mol. The van der Waals surface area contributed by atoms with E-state index >= 15 is 0 Å². The summed E-state index contributed by atoms with van der Waals surface area (Å²) in [5.41, 5.74) is 0. The number of nitrogens with one attached hydrogen (secondary N) is 1. The Morgan fingerprint density at radius 1 is 0.824 bits per heavy atom. The number of ether oxygens (including phenoxy) is 2. The first-order valence-electron chi connectivity index (χ1n) is 7.37. The summed E-state index contributed by atoms with van der Waals surface area (Å²) in [6, 6.07) is 1.54. The Morgan fingerprint density at radius 2 is 1.47 bits per heavy atom. The maximum absolute atomic E-state index is 5.77. The molecule has 0 amide bonds. The summed E-state index contributed by atoms with van der Waals surface area (Å²) < 4.78 is 11.5. The van der Waals surface area contributed by atoms with E-state index in [4.69, 9.17) is 9.47 Å². The van der Waals surface area contributed by atoms with Gasteiger partial charge in [-0.15, -0.1) is 0 Å². The average molecular weight is 237 g/mol. The minimum atomic E-state index is -0.185. The van der Waals surface area contributed by atoms with Crippen molar-refractivity contribution < 1.29 is 9.47 Å². The van der Waals surface area contributed by atoms with E-state index in [1.165, 1.54) is 32.1 Å². The molecule has 1 spiro atoms. The maximum atomic E-state index is 5.77. The van der Waals surface area contributed by atoms with E-state index in [2.05, 4.69) is 5.32 Å². The third-order valence-corrected chi connectivity index (χ3v) is 5.28. The quantitative estimate of drug-likeness (QED) is 0.797. The molecular formula is C14H23NO2. The summed E-state index contributed by atoms with van der Waals surface area (Å²) in [4.78, 5) is 0. The van der Waals surface area contributed by atoms with E-state index in [-0.39, 0.29) is 5.79 Å². The Labute approximate surface area is 103 Å². The lowest BCUT2D eigenvalue weighted by Gasteiger charge is -2.37. The molecule has 1 N–H and O–H groups in total. The second kappa shape index (κ2) is 3.94. The molecule has 0 radical (unpaired) electrons. The van der Waals surface area contributed by atoms with Crippen molar-refractivity contribution in [3.63, 3.8) is 0 Å². The van der Waals surface area contributed by atoms with Gasteiger partial charge >= 0.3 is 0 Å². The molecule has 1 heterocycles. The lowest BCUT2D eigenvalue weighted by Crippen LogP contribution is -2.45. The summed E-state index contributed by atoms with van der Waals surface area (Å²) in [6.07, 6.45) is 9.04. The molecule has 17 heavy (non-hydrogen) atoms. The Bertz CT molecular complexity index is 281. The zero-order valence-electron chi connectivity index (χ0n) is 10.5. The van der Waals surface area contributed by atoms with Gasteiger partial charge in [0.25, 0.3) is 0 Å². The Morgan fingerprint density at radius 3 is 2.12 bits per heavy atom. The van der Waals surface area contributed by atoms with Crippen LogP contribution in [0.4, 0.5) is 0 Å². The van der Waals surface area contributed by atoms with Gasteiger partial charge in [0.05, 0.1) is 13.2 Å². The molecule has 0 bridgehead atoms. The van der Waals surface area contributed by atoms with Gasteiger partial charge in [0, 0.05) is 24.9 Å². The van der Waals surface area contributed by atoms with Gasteiger partial charge < -0.3 is 14.8 Å². The van der Waals surface area contributed by atoms with E-state index in [9.17, 15) is 0 Å². The van der Waals surface area contributed by atoms with E-state index in [0.717, 1.165) is 50.0 Å². The van der Waals surface area contributed by atoms with Crippen LogP contribution in [-0.4, -0.2) is 31.1 Å². The second-order valence-corrected chi connectivity index (χ2v) is 6.47. The molecule has 3 heteroatoms.